The van der Waals surface area contributed by atoms with Crippen LogP contribution in [-0.4, -0.2) is 6.03 Å². The third-order valence-electron chi connectivity index (χ3n) is 2.01. The number of para-hydroxylation sites is 2. The molecule has 80 valence electrons. The third-order valence-corrected chi connectivity index (χ3v) is 2.01. The van der Waals surface area contributed by atoms with Crippen molar-refractivity contribution in [1.82, 2.24) is 0 Å². The molecule has 0 fully saturated rings. The summed E-state index contributed by atoms with van der Waals surface area (Å²) in [7, 11) is 0. The molecule has 0 bridgehead atoms. The highest BCUT2D eigenvalue weighted by atomic mass is 16.2. The lowest BCUT2D eigenvalue weighted by atomic mass is 10.3. The molecule has 0 atom stereocenters. The van der Waals surface area contributed by atoms with Crippen LogP contribution in [0.15, 0.2) is 60.6 Å². The Labute approximate surface area is 95.5 Å². The van der Waals surface area contributed by atoms with Gasteiger partial charge in [0.2, 0.25) is 0 Å². The Bertz CT molecular complexity index is 497. The van der Waals surface area contributed by atoms with Gasteiger partial charge in [-0.1, -0.05) is 36.4 Å². The monoisotopic (exact) mass is 213 g/mol. The summed E-state index contributed by atoms with van der Waals surface area (Å²) >= 11 is 0. The predicted octanol–water partition coefficient (Wildman–Crippen LogP) is 3.33. The van der Waals surface area contributed by atoms with Crippen LogP contribution >= 0.6 is 0 Å². The largest absolute Gasteiger partial charge is 0.323 e. The van der Waals surface area contributed by atoms with E-state index in [4.69, 9.17) is 1.37 Å². The minimum Gasteiger partial charge on any atom is -0.308 e. The first-order chi connectivity index (χ1) is 8.24. The van der Waals surface area contributed by atoms with Gasteiger partial charge in [0.1, 0.15) is 0 Å². The van der Waals surface area contributed by atoms with E-state index < -0.39 is 0 Å². The maximum atomic E-state index is 11.6. The Morgan fingerprint density at radius 1 is 0.875 bits per heavy atom. The van der Waals surface area contributed by atoms with Gasteiger partial charge < -0.3 is 10.6 Å². The van der Waals surface area contributed by atoms with E-state index in [9.17, 15) is 4.79 Å². The second-order valence-electron chi connectivity index (χ2n) is 3.23. The van der Waals surface area contributed by atoms with Crippen molar-refractivity contribution in [2.75, 3.05) is 10.6 Å². The zero-order valence-electron chi connectivity index (χ0n) is 9.60. The van der Waals surface area contributed by atoms with Crippen molar-refractivity contribution in [2.24, 2.45) is 0 Å². The van der Waals surface area contributed by atoms with Crippen LogP contribution in [0, 0.1) is 0 Å². The van der Waals surface area contributed by atoms with Gasteiger partial charge in [0, 0.05) is 11.4 Å². The van der Waals surface area contributed by atoms with Gasteiger partial charge in [-0.3, -0.25) is 0 Å². The lowest BCUT2D eigenvalue weighted by Gasteiger charge is -2.06. The van der Waals surface area contributed by atoms with Crippen molar-refractivity contribution in [3.05, 3.63) is 60.6 Å². The normalized spacial score (nSPS) is 10.4. The number of rotatable bonds is 2. The molecule has 2 aromatic rings. The Morgan fingerprint density at radius 2 is 1.38 bits per heavy atom. The SMILES string of the molecule is [2H]c1ccc(NC(=O)Nc2ccccc2)cc1. The molecule has 0 radical (unpaired) electrons. The topological polar surface area (TPSA) is 41.1 Å². The molecule has 0 aliphatic carbocycles. The lowest BCUT2D eigenvalue weighted by Crippen LogP contribution is -2.19. The first-order valence-electron chi connectivity index (χ1n) is 5.44. The fourth-order valence-corrected chi connectivity index (χ4v) is 1.29. The van der Waals surface area contributed by atoms with Crippen LogP contribution in [0.3, 0.4) is 0 Å². The van der Waals surface area contributed by atoms with E-state index in [1.807, 2.05) is 30.3 Å². The van der Waals surface area contributed by atoms with E-state index in [0.29, 0.717) is 11.7 Å². The van der Waals surface area contributed by atoms with Crippen molar-refractivity contribution in [3.8, 4) is 0 Å². The summed E-state index contributed by atoms with van der Waals surface area (Å²) in [6.07, 6.45) is 0. The van der Waals surface area contributed by atoms with E-state index in [0.717, 1.165) is 5.69 Å². The first kappa shape index (κ1) is 8.97. The molecule has 2 N–H and O–H groups in total. The summed E-state index contributed by atoms with van der Waals surface area (Å²) in [5.41, 5.74) is 1.40. The van der Waals surface area contributed by atoms with Gasteiger partial charge in [-0.15, -0.1) is 0 Å². The fourth-order valence-electron chi connectivity index (χ4n) is 1.29. The molecule has 3 heteroatoms. The maximum absolute atomic E-state index is 11.6. The average Bonchev–Trinajstić information content (AvgIpc) is 2.33. The van der Waals surface area contributed by atoms with Crippen LogP contribution in [0.4, 0.5) is 16.2 Å². The van der Waals surface area contributed by atoms with Crippen molar-refractivity contribution < 1.29 is 6.17 Å². The van der Waals surface area contributed by atoms with Crippen LogP contribution in [0.1, 0.15) is 1.37 Å². The summed E-state index contributed by atoms with van der Waals surface area (Å²) in [5.74, 6) is 0. The van der Waals surface area contributed by atoms with E-state index in [1.165, 1.54) is 0 Å². The number of urea groups is 1. The van der Waals surface area contributed by atoms with Crippen molar-refractivity contribution in [1.29, 1.82) is 0 Å². The number of hydrogen-bond donors (Lipinski definition) is 2. The van der Waals surface area contributed by atoms with Crippen molar-refractivity contribution in [2.45, 2.75) is 0 Å². The van der Waals surface area contributed by atoms with Gasteiger partial charge >= 0.3 is 6.03 Å². The number of carbonyl (C=O) groups excluding carboxylic acids is 1. The fraction of sp³-hybridized carbons (Fsp3) is 0. The Balaban J connectivity index is 1.96. The zero-order valence-corrected chi connectivity index (χ0v) is 8.60. The minimum absolute atomic E-state index is 0.297. The maximum Gasteiger partial charge on any atom is 0.323 e. The lowest BCUT2D eigenvalue weighted by molar-refractivity contribution is 0.262. The van der Waals surface area contributed by atoms with Gasteiger partial charge in [-0.25, -0.2) is 4.79 Å². The smallest absolute Gasteiger partial charge is 0.308 e. The minimum atomic E-state index is -0.297. The number of hydrogen-bond acceptors (Lipinski definition) is 1. The molecule has 0 aliphatic heterocycles. The number of anilines is 2. The molecule has 0 saturated carbocycles. The first-order valence-corrected chi connectivity index (χ1v) is 4.94. The van der Waals surface area contributed by atoms with E-state index >= 15 is 0 Å². The molecule has 0 heterocycles. The molecule has 0 aromatic heterocycles. The Morgan fingerprint density at radius 3 is 1.94 bits per heavy atom. The molecule has 0 aliphatic rings. The molecular weight excluding hydrogens is 200 g/mol. The number of amides is 2. The summed E-state index contributed by atoms with van der Waals surface area (Å²) in [6.45, 7) is 0. The zero-order chi connectivity index (χ0) is 12.1. The van der Waals surface area contributed by atoms with Crippen molar-refractivity contribution in [3.63, 3.8) is 0 Å². The second kappa shape index (κ2) is 4.98. The number of nitrogens with one attached hydrogen (secondary N) is 2. The molecule has 2 rings (SSSR count). The summed E-state index contributed by atoms with van der Waals surface area (Å²) < 4.78 is 7.33. The van der Waals surface area contributed by atoms with Gasteiger partial charge in [0.05, 0.1) is 1.37 Å². The second-order valence-corrected chi connectivity index (χ2v) is 3.23. The van der Waals surface area contributed by atoms with Crippen LogP contribution in [0.2, 0.25) is 0 Å². The molecule has 0 saturated heterocycles. The van der Waals surface area contributed by atoms with Gasteiger partial charge in [-0.2, -0.15) is 0 Å². The Hall–Kier alpha value is -2.29. The van der Waals surface area contributed by atoms with Gasteiger partial charge in [-0.05, 0) is 24.3 Å². The molecule has 0 unspecified atom stereocenters. The molecular formula is C13H12N2O. The third kappa shape index (κ3) is 2.85. The van der Waals surface area contributed by atoms with Crippen molar-refractivity contribution >= 4 is 17.4 Å². The van der Waals surface area contributed by atoms with Crippen LogP contribution in [-0.2, 0) is 0 Å². The average molecular weight is 213 g/mol. The van der Waals surface area contributed by atoms with E-state index in [1.54, 1.807) is 24.3 Å². The van der Waals surface area contributed by atoms with E-state index in [2.05, 4.69) is 10.6 Å². The van der Waals surface area contributed by atoms with Crippen LogP contribution in [0.25, 0.3) is 0 Å². The highest BCUT2D eigenvalue weighted by Crippen LogP contribution is 2.08. The summed E-state index contributed by atoms with van der Waals surface area (Å²) in [4.78, 5) is 11.6. The standard InChI is InChI=1S/C13H12N2O/c16-13(14-11-7-3-1-4-8-11)15-12-9-5-2-6-10-12/h1-10H,(H2,14,15,16)/i1D. The van der Waals surface area contributed by atoms with Gasteiger partial charge in [0.15, 0.2) is 0 Å². The Kier molecular flexibility index (Phi) is 2.79. The molecule has 16 heavy (non-hydrogen) atoms. The molecule has 2 aromatic carbocycles. The van der Waals surface area contributed by atoms with Crippen LogP contribution < -0.4 is 10.6 Å². The summed E-state index contributed by atoms with van der Waals surface area (Å²) in [5, 5.41) is 5.39. The van der Waals surface area contributed by atoms with E-state index in [-0.39, 0.29) is 6.03 Å². The van der Waals surface area contributed by atoms with Crippen LogP contribution in [0.5, 0.6) is 0 Å². The summed E-state index contributed by atoms with van der Waals surface area (Å²) in [6, 6.07) is 16.0. The predicted molar refractivity (Wildman–Crippen MR) is 65.5 cm³/mol. The van der Waals surface area contributed by atoms with Gasteiger partial charge in [0.25, 0.3) is 0 Å². The molecule has 0 spiro atoms. The quantitative estimate of drug-likeness (QED) is 0.789. The highest BCUT2D eigenvalue weighted by Gasteiger charge is 2.00. The number of benzene rings is 2. The molecule has 2 amide bonds. The molecule has 3 nitrogen and oxygen atoms in total. The number of carbonyl (C=O) groups is 1. The highest BCUT2D eigenvalue weighted by molar-refractivity contribution is 5.99.